The number of hydrogen-bond acceptors (Lipinski definition) is 4. The summed E-state index contributed by atoms with van der Waals surface area (Å²) < 4.78 is 10.3. The first-order valence-corrected chi connectivity index (χ1v) is 6.63. The van der Waals surface area contributed by atoms with Gasteiger partial charge in [-0.3, -0.25) is 4.79 Å². The Balaban J connectivity index is 2.08. The van der Waals surface area contributed by atoms with Crippen LogP contribution in [0.15, 0.2) is 60.7 Å². The van der Waals surface area contributed by atoms with Gasteiger partial charge in [0, 0.05) is 13.3 Å². The molecule has 21 heavy (non-hydrogen) atoms. The van der Waals surface area contributed by atoms with Gasteiger partial charge in [-0.2, -0.15) is 0 Å². The number of carbonyl (C=O) groups is 2. The first kappa shape index (κ1) is 14.8. The third-order valence-electron chi connectivity index (χ3n) is 2.80. The molecule has 0 fully saturated rings. The Kier molecular flexibility index (Phi) is 5.10. The van der Waals surface area contributed by atoms with Crippen molar-refractivity contribution in [2.75, 3.05) is 0 Å². The molecule has 1 atom stereocenters. The highest BCUT2D eigenvalue weighted by molar-refractivity contribution is 5.80. The van der Waals surface area contributed by atoms with Gasteiger partial charge in [0.15, 0.2) is 0 Å². The molecule has 4 nitrogen and oxygen atoms in total. The minimum Gasteiger partial charge on any atom is -0.450 e. The van der Waals surface area contributed by atoms with Crippen LogP contribution < -0.4 is 4.74 Å². The van der Waals surface area contributed by atoms with Crippen molar-refractivity contribution in [2.24, 2.45) is 0 Å². The summed E-state index contributed by atoms with van der Waals surface area (Å²) in [5, 5.41) is 0. The van der Waals surface area contributed by atoms with Crippen LogP contribution in [-0.2, 0) is 20.7 Å². The Labute approximate surface area is 123 Å². The van der Waals surface area contributed by atoms with Crippen LogP contribution in [0, 0.1) is 0 Å². The van der Waals surface area contributed by atoms with E-state index in [1.165, 1.54) is 6.92 Å². The first-order valence-electron chi connectivity index (χ1n) is 6.63. The molecule has 0 spiro atoms. The molecular weight excluding hydrogens is 268 g/mol. The highest BCUT2D eigenvalue weighted by atomic mass is 16.6. The highest BCUT2D eigenvalue weighted by Crippen LogP contribution is 2.13. The molecule has 4 heteroatoms. The quantitative estimate of drug-likeness (QED) is 0.626. The second-order valence-electron chi connectivity index (χ2n) is 4.52. The molecule has 0 bridgehead atoms. The average Bonchev–Trinajstić information content (AvgIpc) is 2.48. The summed E-state index contributed by atoms with van der Waals surface area (Å²) in [6, 6.07) is 18.0. The fourth-order valence-corrected chi connectivity index (χ4v) is 1.87. The number of benzene rings is 2. The van der Waals surface area contributed by atoms with Gasteiger partial charge >= 0.3 is 11.9 Å². The monoisotopic (exact) mass is 284 g/mol. The van der Waals surface area contributed by atoms with Gasteiger partial charge in [-0.1, -0.05) is 48.5 Å². The maximum atomic E-state index is 12.2. The molecule has 0 heterocycles. The zero-order valence-corrected chi connectivity index (χ0v) is 11.7. The molecule has 2 aromatic carbocycles. The molecule has 0 aliphatic rings. The van der Waals surface area contributed by atoms with E-state index in [4.69, 9.17) is 9.47 Å². The zero-order valence-electron chi connectivity index (χ0n) is 11.7. The topological polar surface area (TPSA) is 52.6 Å². The largest absolute Gasteiger partial charge is 0.450 e. The lowest BCUT2D eigenvalue weighted by atomic mass is 10.1. The minimum absolute atomic E-state index is 0.284. The smallest absolute Gasteiger partial charge is 0.353 e. The molecule has 108 valence electrons. The second-order valence-corrected chi connectivity index (χ2v) is 4.52. The van der Waals surface area contributed by atoms with Gasteiger partial charge in [0.25, 0.3) is 0 Å². The van der Waals surface area contributed by atoms with Gasteiger partial charge in [-0.15, -0.1) is 0 Å². The van der Waals surface area contributed by atoms with Crippen molar-refractivity contribution in [1.29, 1.82) is 0 Å². The molecule has 0 aliphatic heterocycles. The lowest BCUT2D eigenvalue weighted by Gasteiger charge is -2.16. The lowest BCUT2D eigenvalue weighted by molar-refractivity contribution is -0.160. The van der Waals surface area contributed by atoms with Gasteiger partial charge in [-0.05, 0) is 17.7 Å². The van der Waals surface area contributed by atoms with E-state index >= 15 is 0 Å². The van der Waals surface area contributed by atoms with Crippen LogP contribution in [0.25, 0.3) is 0 Å². The SMILES string of the molecule is CC(=O)OC(Cc1ccccc1)C(=O)Oc1ccccc1. The van der Waals surface area contributed by atoms with E-state index in [1.807, 2.05) is 36.4 Å². The maximum Gasteiger partial charge on any atom is 0.353 e. The predicted molar refractivity (Wildman–Crippen MR) is 77.8 cm³/mol. The van der Waals surface area contributed by atoms with Crippen molar-refractivity contribution >= 4 is 11.9 Å². The summed E-state index contributed by atoms with van der Waals surface area (Å²) in [6.07, 6.45) is -0.670. The second kappa shape index (κ2) is 7.24. The molecule has 0 radical (unpaired) electrons. The Morgan fingerprint density at radius 2 is 1.52 bits per heavy atom. The van der Waals surface area contributed by atoms with Gasteiger partial charge in [0.2, 0.25) is 6.10 Å². The Bertz CT molecular complexity index is 593. The van der Waals surface area contributed by atoms with Crippen molar-refractivity contribution in [3.63, 3.8) is 0 Å². The van der Waals surface area contributed by atoms with E-state index < -0.39 is 18.0 Å². The van der Waals surface area contributed by atoms with Crippen LogP contribution in [0.1, 0.15) is 12.5 Å². The molecule has 0 amide bonds. The number of esters is 2. The number of ether oxygens (including phenoxy) is 2. The van der Waals surface area contributed by atoms with E-state index in [2.05, 4.69) is 0 Å². The number of para-hydroxylation sites is 1. The average molecular weight is 284 g/mol. The van der Waals surface area contributed by atoms with Crippen molar-refractivity contribution in [3.8, 4) is 5.75 Å². The lowest BCUT2D eigenvalue weighted by Crippen LogP contribution is -2.32. The molecule has 0 saturated carbocycles. The van der Waals surface area contributed by atoms with Crippen molar-refractivity contribution in [1.82, 2.24) is 0 Å². The third-order valence-corrected chi connectivity index (χ3v) is 2.80. The molecule has 2 rings (SSSR count). The first-order chi connectivity index (χ1) is 10.1. The van der Waals surface area contributed by atoms with Gasteiger partial charge in [-0.25, -0.2) is 4.79 Å². The fourth-order valence-electron chi connectivity index (χ4n) is 1.87. The normalized spacial score (nSPS) is 11.5. The zero-order chi connectivity index (χ0) is 15.1. The number of carbonyl (C=O) groups excluding carboxylic acids is 2. The van der Waals surface area contributed by atoms with Crippen LogP contribution in [0.4, 0.5) is 0 Å². The summed E-state index contributed by atoms with van der Waals surface area (Å²) in [7, 11) is 0. The standard InChI is InChI=1S/C17H16O4/c1-13(18)20-16(12-14-8-4-2-5-9-14)17(19)21-15-10-6-3-7-11-15/h2-11,16H,12H2,1H3. The van der Waals surface area contributed by atoms with Crippen LogP contribution in [0.5, 0.6) is 5.75 Å². The summed E-state index contributed by atoms with van der Waals surface area (Å²) >= 11 is 0. The molecule has 0 saturated heterocycles. The molecule has 0 N–H and O–H groups in total. The molecule has 1 unspecified atom stereocenters. The van der Waals surface area contributed by atoms with Crippen molar-refractivity contribution in [3.05, 3.63) is 66.2 Å². The van der Waals surface area contributed by atoms with Gasteiger partial charge in [0.1, 0.15) is 5.75 Å². The Hall–Kier alpha value is -2.62. The number of hydrogen-bond donors (Lipinski definition) is 0. The Morgan fingerprint density at radius 3 is 2.10 bits per heavy atom. The Morgan fingerprint density at radius 1 is 0.952 bits per heavy atom. The third kappa shape index (κ3) is 4.76. The molecular formula is C17H16O4. The van der Waals surface area contributed by atoms with E-state index in [0.717, 1.165) is 5.56 Å². The minimum atomic E-state index is -0.954. The highest BCUT2D eigenvalue weighted by Gasteiger charge is 2.24. The molecule has 0 aliphatic carbocycles. The van der Waals surface area contributed by atoms with Gasteiger partial charge < -0.3 is 9.47 Å². The summed E-state index contributed by atoms with van der Waals surface area (Å²) in [5.74, 6) is -0.672. The van der Waals surface area contributed by atoms with Crippen molar-refractivity contribution in [2.45, 2.75) is 19.4 Å². The number of rotatable bonds is 5. The van der Waals surface area contributed by atoms with E-state index in [0.29, 0.717) is 5.75 Å². The van der Waals surface area contributed by atoms with Crippen LogP contribution in [0.3, 0.4) is 0 Å². The summed E-state index contributed by atoms with van der Waals surface area (Å²) in [6.45, 7) is 1.27. The fraction of sp³-hybridized carbons (Fsp3) is 0.176. The molecule has 2 aromatic rings. The van der Waals surface area contributed by atoms with Crippen molar-refractivity contribution < 1.29 is 19.1 Å². The van der Waals surface area contributed by atoms with Crippen LogP contribution in [-0.4, -0.2) is 18.0 Å². The van der Waals surface area contributed by atoms with E-state index in [9.17, 15) is 9.59 Å². The summed E-state index contributed by atoms with van der Waals surface area (Å²) in [5.41, 5.74) is 0.897. The maximum absolute atomic E-state index is 12.2. The summed E-state index contributed by atoms with van der Waals surface area (Å²) in [4.78, 5) is 23.3. The van der Waals surface area contributed by atoms with Gasteiger partial charge in [0.05, 0.1) is 0 Å². The van der Waals surface area contributed by atoms with E-state index in [-0.39, 0.29) is 6.42 Å². The predicted octanol–water partition coefficient (Wildman–Crippen LogP) is 2.77. The van der Waals surface area contributed by atoms with E-state index in [1.54, 1.807) is 24.3 Å². The van der Waals surface area contributed by atoms with Crippen LogP contribution in [0.2, 0.25) is 0 Å². The van der Waals surface area contributed by atoms with Crippen LogP contribution >= 0.6 is 0 Å². The molecule has 0 aromatic heterocycles.